The van der Waals surface area contributed by atoms with Crippen LogP contribution >= 0.6 is 23.2 Å². The van der Waals surface area contributed by atoms with Crippen molar-refractivity contribution in [2.24, 2.45) is 5.73 Å². The number of amides is 1. The second-order valence-electron chi connectivity index (χ2n) is 7.65. The lowest BCUT2D eigenvalue weighted by molar-refractivity contribution is 0.1000. The molecule has 1 aromatic heterocycles. The molecule has 0 saturated carbocycles. The molecule has 176 valence electrons. The Kier molecular flexibility index (Phi) is 11.8. The lowest BCUT2D eigenvalue weighted by Crippen LogP contribution is -2.22. The fourth-order valence-electron chi connectivity index (χ4n) is 3.19. The van der Waals surface area contributed by atoms with E-state index in [1.807, 2.05) is 0 Å². The van der Waals surface area contributed by atoms with Crippen molar-refractivity contribution in [2.75, 3.05) is 32.0 Å². The Hall–Kier alpha value is -1.90. The molecule has 0 aliphatic rings. The second-order valence-corrected chi connectivity index (χ2v) is 8.46. The zero-order chi connectivity index (χ0) is 23.3. The van der Waals surface area contributed by atoms with E-state index >= 15 is 0 Å². The van der Waals surface area contributed by atoms with Gasteiger partial charge in [-0.15, -0.1) is 0 Å². The van der Waals surface area contributed by atoms with E-state index in [2.05, 4.69) is 10.3 Å². The van der Waals surface area contributed by atoms with Crippen LogP contribution in [0.1, 0.15) is 59.8 Å². The first-order valence-corrected chi connectivity index (χ1v) is 11.6. The summed E-state index contributed by atoms with van der Waals surface area (Å²) in [6.45, 7) is 2.66. The molecule has 32 heavy (non-hydrogen) atoms. The molecule has 0 saturated heterocycles. The Morgan fingerprint density at radius 1 is 1.09 bits per heavy atom. The molecule has 9 heteroatoms. The number of primary amides is 1. The van der Waals surface area contributed by atoms with Crippen molar-refractivity contribution in [3.05, 3.63) is 57.3 Å². The molecule has 0 radical (unpaired) electrons. The molecule has 0 fully saturated rings. The lowest BCUT2D eigenvalue weighted by Gasteiger charge is -2.14. The lowest BCUT2D eigenvalue weighted by atomic mass is 10.1. The number of unbranched alkanes of at least 4 members (excludes halogenated alkanes) is 3. The zero-order valence-corrected chi connectivity index (χ0v) is 19.7. The topological polar surface area (TPSA) is 123 Å². The number of hydrogen-bond donors (Lipinski definition) is 4. The standard InChI is InChI=1S/C23H32Cl2N4O3/c24-19-13-17(14-20(25)22(19)26)21(30)15-28-8-3-1-2-4-10-32-11-5-6-18-12-16(23(27)31)7-9-29-18/h7,9,12-14,21,28,30H,1-6,8,10-11,15,26H2,(H2,27,31). The number of pyridine rings is 1. The minimum absolute atomic E-state index is 0.327. The first-order chi connectivity index (χ1) is 15.4. The van der Waals surface area contributed by atoms with Crippen LogP contribution in [0.5, 0.6) is 0 Å². The predicted molar refractivity (Wildman–Crippen MR) is 129 cm³/mol. The Bertz CT molecular complexity index is 844. The number of halogens is 2. The summed E-state index contributed by atoms with van der Waals surface area (Å²) in [5.41, 5.74) is 13.3. The maximum Gasteiger partial charge on any atom is 0.248 e. The number of nitrogens with two attached hydrogens (primary N) is 2. The van der Waals surface area contributed by atoms with Gasteiger partial charge in [0.25, 0.3) is 0 Å². The number of hydrogen-bond acceptors (Lipinski definition) is 6. The molecule has 1 unspecified atom stereocenters. The van der Waals surface area contributed by atoms with E-state index < -0.39 is 12.0 Å². The minimum Gasteiger partial charge on any atom is -0.396 e. The Labute approximate surface area is 199 Å². The molecule has 1 heterocycles. The van der Waals surface area contributed by atoms with Crippen LogP contribution in [0.25, 0.3) is 0 Å². The second kappa shape index (κ2) is 14.3. The molecule has 0 bridgehead atoms. The summed E-state index contributed by atoms with van der Waals surface area (Å²) in [7, 11) is 0. The number of nitrogens with zero attached hydrogens (tertiary/aromatic N) is 1. The van der Waals surface area contributed by atoms with E-state index in [4.69, 9.17) is 39.4 Å². The molecule has 0 spiro atoms. The molecule has 1 aromatic carbocycles. The van der Waals surface area contributed by atoms with Crippen LogP contribution < -0.4 is 16.8 Å². The number of rotatable bonds is 15. The fourth-order valence-corrected chi connectivity index (χ4v) is 3.69. The monoisotopic (exact) mass is 482 g/mol. The van der Waals surface area contributed by atoms with Gasteiger partial charge in [0.15, 0.2) is 0 Å². The third kappa shape index (κ3) is 9.30. The number of nitrogen functional groups attached to an aromatic ring is 1. The summed E-state index contributed by atoms with van der Waals surface area (Å²) in [5, 5.41) is 14.2. The Balaban J connectivity index is 1.45. The minimum atomic E-state index is -0.688. The molecule has 2 aromatic rings. The van der Waals surface area contributed by atoms with Crippen LogP contribution in [-0.4, -0.2) is 42.3 Å². The van der Waals surface area contributed by atoms with Crippen molar-refractivity contribution < 1.29 is 14.6 Å². The number of nitrogens with one attached hydrogen (secondary N) is 1. The van der Waals surface area contributed by atoms with Crippen molar-refractivity contribution in [1.82, 2.24) is 10.3 Å². The van der Waals surface area contributed by atoms with Gasteiger partial charge < -0.3 is 26.6 Å². The van der Waals surface area contributed by atoms with Gasteiger partial charge in [0.2, 0.25) is 5.91 Å². The van der Waals surface area contributed by atoms with Crippen LogP contribution in [0.2, 0.25) is 10.0 Å². The molecular weight excluding hydrogens is 451 g/mol. The van der Waals surface area contributed by atoms with Crippen LogP contribution in [0.15, 0.2) is 30.5 Å². The van der Waals surface area contributed by atoms with Gasteiger partial charge in [-0.05, 0) is 62.1 Å². The summed E-state index contributed by atoms with van der Waals surface area (Å²) in [4.78, 5) is 15.4. The van der Waals surface area contributed by atoms with Crippen molar-refractivity contribution in [2.45, 2.75) is 44.6 Å². The number of aliphatic hydroxyl groups is 1. The highest BCUT2D eigenvalue weighted by atomic mass is 35.5. The van der Waals surface area contributed by atoms with Gasteiger partial charge in [0, 0.05) is 37.2 Å². The van der Waals surface area contributed by atoms with E-state index in [-0.39, 0.29) is 0 Å². The average molecular weight is 483 g/mol. The number of aromatic nitrogens is 1. The summed E-state index contributed by atoms with van der Waals surface area (Å²) >= 11 is 12.0. The van der Waals surface area contributed by atoms with Crippen LogP contribution in [0.4, 0.5) is 5.69 Å². The molecule has 6 N–H and O–H groups in total. The molecule has 0 aliphatic heterocycles. The SMILES string of the molecule is NC(=O)c1ccnc(CCCOCCCCCCNCC(O)c2cc(Cl)c(N)c(Cl)c2)c1. The van der Waals surface area contributed by atoms with E-state index in [1.165, 1.54) is 0 Å². The van der Waals surface area contributed by atoms with Crippen molar-refractivity contribution >= 4 is 34.8 Å². The van der Waals surface area contributed by atoms with Gasteiger partial charge in [0.05, 0.1) is 21.8 Å². The summed E-state index contributed by atoms with van der Waals surface area (Å²) in [6, 6.07) is 6.63. The van der Waals surface area contributed by atoms with Gasteiger partial charge in [-0.3, -0.25) is 9.78 Å². The maximum absolute atomic E-state index is 11.2. The maximum atomic E-state index is 11.2. The Morgan fingerprint density at radius 3 is 2.50 bits per heavy atom. The van der Waals surface area contributed by atoms with Gasteiger partial charge >= 0.3 is 0 Å². The number of aryl methyl sites for hydroxylation is 1. The van der Waals surface area contributed by atoms with Crippen LogP contribution in [0.3, 0.4) is 0 Å². The number of ether oxygens (including phenoxy) is 1. The number of carbonyl (C=O) groups excluding carboxylic acids is 1. The molecule has 2 rings (SSSR count). The number of benzene rings is 1. The van der Waals surface area contributed by atoms with Crippen molar-refractivity contribution in [1.29, 1.82) is 0 Å². The Morgan fingerprint density at radius 2 is 1.78 bits per heavy atom. The number of carbonyl (C=O) groups is 1. The van der Waals surface area contributed by atoms with Crippen molar-refractivity contribution in [3.8, 4) is 0 Å². The highest BCUT2D eigenvalue weighted by Gasteiger charge is 2.12. The highest BCUT2D eigenvalue weighted by molar-refractivity contribution is 6.38. The van der Waals surface area contributed by atoms with Crippen molar-refractivity contribution in [3.63, 3.8) is 0 Å². The molecule has 0 aliphatic carbocycles. The summed E-state index contributed by atoms with van der Waals surface area (Å²) in [5.74, 6) is -0.437. The predicted octanol–water partition coefficient (Wildman–Crippen LogP) is 3.90. The fraction of sp³-hybridized carbons (Fsp3) is 0.478. The molecule has 1 atom stereocenters. The number of anilines is 1. The van der Waals surface area contributed by atoms with Crippen LogP contribution in [-0.2, 0) is 11.2 Å². The number of aliphatic hydroxyl groups excluding tert-OH is 1. The van der Waals surface area contributed by atoms with E-state index in [0.29, 0.717) is 40.0 Å². The normalized spacial score (nSPS) is 12.1. The van der Waals surface area contributed by atoms with E-state index in [0.717, 1.165) is 57.4 Å². The van der Waals surface area contributed by atoms with Gasteiger partial charge in [-0.25, -0.2) is 0 Å². The third-order valence-corrected chi connectivity index (χ3v) is 5.66. The van der Waals surface area contributed by atoms with Gasteiger partial charge in [-0.2, -0.15) is 0 Å². The van der Waals surface area contributed by atoms with Gasteiger partial charge in [0.1, 0.15) is 0 Å². The first kappa shape index (κ1) is 26.4. The van der Waals surface area contributed by atoms with E-state index in [9.17, 15) is 9.90 Å². The summed E-state index contributed by atoms with van der Waals surface area (Å²) < 4.78 is 5.67. The quantitative estimate of drug-likeness (QED) is 0.225. The van der Waals surface area contributed by atoms with E-state index in [1.54, 1.807) is 30.5 Å². The molecule has 1 amide bonds. The zero-order valence-electron chi connectivity index (χ0n) is 18.2. The largest absolute Gasteiger partial charge is 0.396 e. The molecule has 7 nitrogen and oxygen atoms in total. The summed E-state index contributed by atoms with van der Waals surface area (Å²) in [6.07, 6.45) is 6.76. The third-order valence-electron chi connectivity index (χ3n) is 5.04. The first-order valence-electron chi connectivity index (χ1n) is 10.8. The average Bonchev–Trinajstić information content (AvgIpc) is 2.77. The highest BCUT2D eigenvalue weighted by Crippen LogP contribution is 2.31. The van der Waals surface area contributed by atoms with Crippen LogP contribution in [0, 0.1) is 0 Å². The smallest absolute Gasteiger partial charge is 0.248 e. The molecular formula is C23H32Cl2N4O3. The van der Waals surface area contributed by atoms with Gasteiger partial charge in [-0.1, -0.05) is 36.0 Å².